The molecule has 0 aliphatic carbocycles. The predicted molar refractivity (Wildman–Crippen MR) is 128 cm³/mol. The predicted octanol–water partition coefficient (Wildman–Crippen LogP) is 7.49. The van der Waals surface area contributed by atoms with Gasteiger partial charge in [0.15, 0.2) is 11.5 Å². The van der Waals surface area contributed by atoms with Gasteiger partial charge in [-0.3, -0.25) is 0 Å². The molecule has 0 bridgehead atoms. The molecule has 0 fully saturated rings. The third-order valence-electron chi connectivity index (χ3n) is 4.10. The Labute approximate surface area is 182 Å². The number of benzene rings is 3. The van der Waals surface area contributed by atoms with Crippen LogP contribution in [0.25, 0.3) is 22.3 Å². The molecule has 3 rings (SSSR count). The van der Waals surface area contributed by atoms with Gasteiger partial charge in [0, 0.05) is 0 Å². The van der Waals surface area contributed by atoms with Crippen LogP contribution in [-0.2, 0) is 0 Å². The van der Waals surface area contributed by atoms with Gasteiger partial charge in [0.25, 0.3) is 0 Å². The van der Waals surface area contributed by atoms with Crippen molar-refractivity contribution in [2.45, 2.75) is 52.7 Å². The smallest absolute Gasteiger partial charge is 0.162 e. The summed E-state index contributed by atoms with van der Waals surface area (Å²) in [6.07, 6.45) is 0. The minimum Gasteiger partial charge on any atom is -0.484 e. The van der Waals surface area contributed by atoms with Crippen molar-refractivity contribution in [2.75, 3.05) is 0 Å². The number of hydrogen-bond donors (Lipinski definition) is 0. The normalized spacial score (nSPS) is 11.5. The molecule has 29 heavy (non-hydrogen) atoms. The molecule has 2 nitrogen and oxygen atoms in total. The minimum absolute atomic E-state index is 0. The third kappa shape index (κ3) is 6.30. The zero-order valence-electron chi connectivity index (χ0n) is 18.2. The largest absolute Gasteiger partial charge is 0.484 e. The second-order valence-corrected chi connectivity index (χ2v) is 9.00. The van der Waals surface area contributed by atoms with Crippen LogP contribution in [0, 0.1) is 0 Å². The maximum atomic E-state index is 6.26. The molecular weight excluding hydrogens is 376 g/mol. The van der Waals surface area contributed by atoms with E-state index in [2.05, 4.69) is 81.4 Å². The molecule has 0 atom stereocenters. The van der Waals surface area contributed by atoms with Crippen LogP contribution in [0.3, 0.4) is 0 Å². The van der Waals surface area contributed by atoms with Crippen LogP contribution in [0.4, 0.5) is 0 Å². The van der Waals surface area contributed by atoms with Gasteiger partial charge in [0.1, 0.15) is 11.2 Å². The number of rotatable bonds is 4. The number of ether oxygens (including phenoxy) is 2. The Balaban J connectivity index is 0.00000300. The second kappa shape index (κ2) is 8.96. The Bertz CT molecular complexity index is 935. The summed E-state index contributed by atoms with van der Waals surface area (Å²) >= 11 is 0. The zero-order valence-corrected chi connectivity index (χ0v) is 19.2. The van der Waals surface area contributed by atoms with Crippen LogP contribution >= 0.6 is 13.5 Å². The lowest BCUT2D eigenvalue weighted by Crippen LogP contribution is -2.26. The highest BCUT2D eigenvalue weighted by molar-refractivity contribution is 7.59. The van der Waals surface area contributed by atoms with E-state index in [9.17, 15) is 0 Å². The van der Waals surface area contributed by atoms with Crippen molar-refractivity contribution in [2.24, 2.45) is 0 Å². The zero-order chi connectivity index (χ0) is 20.4. The summed E-state index contributed by atoms with van der Waals surface area (Å²) in [6, 6.07) is 25.2. The third-order valence-corrected chi connectivity index (χ3v) is 4.10. The minimum atomic E-state index is -0.312. The molecule has 3 aromatic rings. The maximum Gasteiger partial charge on any atom is 0.162 e. The maximum absolute atomic E-state index is 6.26. The summed E-state index contributed by atoms with van der Waals surface area (Å²) in [7, 11) is 0. The Morgan fingerprint density at radius 3 is 1.55 bits per heavy atom. The van der Waals surface area contributed by atoms with E-state index in [0.717, 1.165) is 17.1 Å². The average molecular weight is 409 g/mol. The molecule has 154 valence electrons. The van der Waals surface area contributed by atoms with Crippen molar-refractivity contribution < 1.29 is 9.47 Å². The summed E-state index contributed by atoms with van der Waals surface area (Å²) < 4.78 is 12.4. The molecule has 0 saturated heterocycles. The summed E-state index contributed by atoms with van der Waals surface area (Å²) in [6.45, 7) is 12.3. The highest BCUT2D eigenvalue weighted by Crippen LogP contribution is 2.39. The summed E-state index contributed by atoms with van der Waals surface area (Å²) in [5.41, 5.74) is 4.09. The monoisotopic (exact) mass is 408 g/mol. The SMILES string of the molecule is CC(C)(C)Oc1ccc(-c2ccccc2-c2ccccc2)cc1OC(C)(C)C.S. The topological polar surface area (TPSA) is 18.5 Å². The summed E-state index contributed by atoms with van der Waals surface area (Å²) in [5.74, 6) is 1.53. The Hall–Kier alpha value is -2.39. The Morgan fingerprint density at radius 2 is 1.00 bits per heavy atom. The van der Waals surface area contributed by atoms with E-state index in [1.54, 1.807) is 0 Å². The fraction of sp³-hybridized carbons (Fsp3) is 0.308. The van der Waals surface area contributed by atoms with Gasteiger partial charge < -0.3 is 9.47 Å². The lowest BCUT2D eigenvalue weighted by molar-refractivity contribution is 0.0958. The summed E-state index contributed by atoms with van der Waals surface area (Å²) in [4.78, 5) is 0. The molecule has 0 unspecified atom stereocenters. The molecule has 0 aliphatic heterocycles. The fourth-order valence-electron chi connectivity index (χ4n) is 3.10. The average Bonchev–Trinajstić information content (AvgIpc) is 2.62. The van der Waals surface area contributed by atoms with Gasteiger partial charge in [-0.05, 0) is 75.9 Å². The first-order valence-electron chi connectivity index (χ1n) is 9.79. The van der Waals surface area contributed by atoms with Crippen molar-refractivity contribution in [1.29, 1.82) is 0 Å². The van der Waals surface area contributed by atoms with Crippen LogP contribution in [0.5, 0.6) is 11.5 Å². The van der Waals surface area contributed by atoms with Gasteiger partial charge in [0.05, 0.1) is 0 Å². The molecule has 0 saturated carbocycles. The highest BCUT2D eigenvalue weighted by atomic mass is 32.1. The first-order chi connectivity index (χ1) is 13.1. The molecule has 0 aromatic heterocycles. The van der Waals surface area contributed by atoms with Crippen molar-refractivity contribution in [3.63, 3.8) is 0 Å². The van der Waals surface area contributed by atoms with Gasteiger partial charge in [-0.2, -0.15) is 13.5 Å². The fourth-order valence-corrected chi connectivity index (χ4v) is 3.10. The van der Waals surface area contributed by atoms with Gasteiger partial charge in [-0.15, -0.1) is 0 Å². The molecule has 3 heteroatoms. The van der Waals surface area contributed by atoms with Gasteiger partial charge in [-0.1, -0.05) is 60.7 Å². The summed E-state index contributed by atoms with van der Waals surface area (Å²) in [5, 5.41) is 0. The molecular formula is C26H32O2S. The van der Waals surface area contributed by atoms with E-state index >= 15 is 0 Å². The van der Waals surface area contributed by atoms with Gasteiger partial charge in [-0.25, -0.2) is 0 Å². The van der Waals surface area contributed by atoms with Crippen LogP contribution in [0.2, 0.25) is 0 Å². The van der Waals surface area contributed by atoms with E-state index < -0.39 is 0 Å². The lowest BCUT2D eigenvalue weighted by atomic mass is 9.94. The van der Waals surface area contributed by atoms with Crippen LogP contribution < -0.4 is 9.47 Å². The van der Waals surface area contributed by atoms with E-state index in [-0.39, 0.29) is 24.7 Å². The molecule has 0 radical (unpaired) electrons. The van der Waals surface area contributed by atoms with Crippen molar-refractivity contribution in [3.8, 4) is 33.8 Å². The highest BCUT2D eigenvalue weighted by Gasteiger charge is 2.21. The standard InChI is InChI=1S/C26H30O2.H2S/c1-25(2,3)27-23-17-16-20(18-24(23)28-26(4,5)6)22-15-11-10-14-21(22)19-12-8-7-9-13-19;/h7-18H,1-6H3;1H2. The van der Waals surface area contributed by atoms with E-state index in [4.69, 9.17) is 9.47 Å². The second-order valence-electron chi connectivity index (χ2n) is 9.00. The Kier molecular flexibility index (Phi) is 7.07. The molecule has 0 heterocycles. The first kappa shape index (κ1) is 22.9. The van der Waals surface area contributed by atoms with Crippen molar-refractivity contribution in [1.82, 2.24) is 0 Å². The number of hydrogen-bond acceptors (Lipinski definition) is 2. The van der Waals surface area contributed by atoms with E-state index in [1.807, 2.05) is 32.9 Å². The quantitative estimate of drug-likeness (QED) is 0.445. The molecule has 0 N–H and O–H groups in total. The molecule has 3 aromatic carbocycles. The Morgan fingerprint density at radius 1 is 0.517 bits per heavy atom. The van der Waals surface area contributed by atoms with Gasteiger partial charge >= 0.3 is 0 Å². The lowest BCUT2D eigenvalue weighted by Gasteiger charge is -2.27. The van der Waals surface area contributed by atoms with E-state index in [1.165, 1.54) is 16.7 Å². The van der Waals surface area contributed by atoms with E-state index in [0.29, 0.717) is 0 Å². The van der Waals surface area contributed by atoms with Gasteiger partial charge in [0.2, 0.25) is 0 Å². The molecule has 0 spiro atoms. The van der Waals surface area contributed by atoms with Crippen molar-refractivity contribution in [3.05, 3.63) is 72.8 Å². The molecule has 0 aliphatic rings. The van der Waals surface area contributed by atoms with Crippen LogP contribution in [0.1, 0.15) is 41.5 Å². The van der Waals surface area contributed by atoms with Crippen LogP contribution in [0.15, 0.2) is 72.8 Å². The first-order valence-corrected chi connectivity index (χ1v) is 9.79. The van der Waals surface area contributed by atoms with Crippen molar-refractivity contribution >= 4 is 13.5 Å². The van der Waals surface area contributed by atoms with Crippen LogP contribution in [-0.4, -0.2) is 11.2 Å². The molecule has 0 amide bonds.